The van der Waals surface area contributed by atoms with Crippen LogP contribution in [0.5, 0.6) is 5.75 Å². The van der Waals surface area contributed by atoms with Crippen LogP contribution in [0.25, 0.3) is 0 Å². The van der Waals surface area contributed by atoms with Crippen LogP contribution in [0.15, 0.2) is 45.8 Å². The van der Waals surface area contributed by atoms with Crippen LogP contribution >= 0.6 is 15.9 Å². The van der Waals surface area contributed by atoms with Gasteiger partial charge in [0.15, 0.2) is 11.6 Å². The van der Waals surface area contributed by atoms with Crippen LogP contribution in [-0.2, 0) is 16.6 Å². The summed E-state index contributed by atoms with van der Waals surface area (Å²) in [6, 6.07) is 9.23. The molecule has 0 N–H and O–H groups in total. The molecule has 7 heteroatoms. The summed E-state index contributed by atoms with van der Waals surface area (Å²) in [4.78, 5) is 0.203. The van der Waals surface area contributed by atoms with E-state index >= 15 is 0 Å². The molecule has 0 radical (unpaired) electrons. The summed E-state index contributed by atoms with van der Waals surface area (Å²) in [6.07, 6.45) is 0. The van der Waals surface area contributed by atoms with Gasteiger partial charge in [-0.25, -0.2) is 12.8 Å². The molecule has 0 unspecified atom stereocenters. The number of hydrogen-bond donors (Lipinski definition) is 0. The van der Waals surface area contributed by atoms with Crippen molar-refractivity contribution in [3.63, 3.8) is 0 Å². The van der Waals surface area contributed by atoms with E-state index in [2.05, 4.69) is 15.9 Å². The van der Waals surface area contributed by atoms with E-state index in [1.165, 1.54) is 36.7 Å². The Labute approximate surface area is 144 Å². The number of sulfonamides is 1. The minimum Gasteiger partial charge on any atom is -0.494 e. The molecule has 0 aromatic heterocycles. The van der Waals surface area contributed by atoms with Crippen LogP contribution in [-0.4, -0.2) is 26.9 Å². The van der Waals surface area contributed by atoms with E-state index in [0.29, 0.717) is 5.56 Å². The molecule has 2 rings (SSSR count). The molecule has 0 fully saturated rings. The van der Waals surface area contributed by atoms with Gasteiger partial charge < -0.3 is 4.74 Å². The number of hydrogen-bond acceptors (Lipinski definition) is 3. The van der Waals surface area contributed by atoms with Crippen LogP contribution in [0.1, 0.15) is 11.1 Å². The van der Waals surface area contributed by atoms with Gasteiger partial charge in [-0.3, -0.25) is 0 Å². The van der Waals surface area contributed by atoms with Gasteiger partial charge in [0.1, 0.15) is 0 Å². The van der Waals surface area contributed by atoms with Crippen molar-refractivity contribution in [3.05, 3.63) is 57.8 Å². The zero-order valence-corrected chi connectivity index (χ0v) is 15.4. The second-order valence-electron chi connectivity index (χ2n) is 5.14. The standard InChI is InChI=1S/C16H17BrFNO3S/c1-11-8-13(5-6-14(11)17)23(20,21)19(2)10-12-4-7-16(22-3)15(18)9-12/h4-9H,10H2,1-3H3. The smallest absolute Gasteiger partial charge is 0.243 e. The summed E-state index contributed by atoms with van der Waals surface area (Å²) < 4.78 is 45.8. The molecule has 23 heavy (non-hydrogen) atoms. The summed E-state index contributed by atoms with van der Waals surface area (Å²) in [7, 11) is -0.800. The molecule has 0 aliphatic carbocycles. The lowest BCUT2D eigenvalue weighted by molar-refractivity contribution is 0.385. The fraction of sp³-hybridized carbons (Fsp3) is 0.250. The highest BCUT2D eigenvalue weighted by molar-refractivity contribution is 9.10. The summed E-state index contributed by atoms with van der Waals surface area (Å²) in [5.74, 6) is -0.391. The average Bonchev–Trinajstić information content (AvgIpc) is 2.50. The van der Waals surface area contributed by atoms with Gasteiger partial charge in [-0.2, -0.15) is 4.31 Å². The van der Waals surface area contributed by atoms with Crippen molar-refractivity contribution >= 4 is 26.0 Å². The van der Waals surface area contributed by atoms with E-state index in [1.54, 1.807) is 18.2 Å². The zero-order chi connectivity index (χ0) is 17.2. The quantitative estimate of drug-likeness (QED) is 0.766. The summed E-state index contributed by atoms with van der Waals surface area (Å²) >= 11 is 3.35. The first-order valence-corrected chi connectivity index (χ1v) is 9.04. The minimum atomic E-state index is -3.65. The summed E-state index contributed by atoms with van der Waals surface area (Å²) in [5, 5.41) is 0. The van der Waals surface area contributed by atoms with Gasteiger partial charge in [0.25, 0.3) is 0 Å². The van der Waals surface area contributed by atoms with Crippen molar-refractivity contribution in [1.29, 1.82) is 0 Å². The van der Waals surface area contributed by atoms with Crippen LogP contribution in [0.3, 0.4) is 0 Å². The molecule has 0 aliphatic heterocycles. The van der Waals surface area contributed by atoms with Gasteiger partial charge in [-0.1, -0.05) is 22.0 Å². The molecule has 0 aliphatic rings. The fourth-order valence-corrected chi connectivity index (χ4v) is 3.60. The number of ether oxygens (including phenoxy) is 1. The molecule has 2 aromatic rings. The van der Waals surface area contributed by atoms with Crippen molar-refractivity contribution in [3.8, 4) is 5.75 Å². The van der Waals surface area contributed by atoms with Gasteiger partial charge in [-0.15, -0.1) is 0 Å². The summed E-state index contributed by atoms with van der Waals surface area (Å²) in [5.41, 5.74) is 1.37. The molecule has 4 nitrogen and oxygen atoms in total. The van der Waals surface area contributed by atoms with Gasteiger partial charge in [0.05, 0.1) is 12.0 Å². The third-order valence-electron chi connectivity index (χ3n) is 3.46. The Morgan fingerprint density at radius 1 is 1.22 bits per heavy atom. The minimum absolute atomic E-state index is 0.0678. The normalized spacial score (nSPS) is 11.7. The van der Waals surface area contributed by atoms with Crippen molar-refractivity contribution in [2.24, 2.45) is 0 Å². The number of rotatable bonds is 5. The molecule has 0 atom stereocenters. The fourth-order valence-electron chi connectivity index (χ4n) is 2.11. The average molecular weight is 402 g/mol. The first-order chi connectivity index (χ1) is 10.8. The largest absolute Gasteiger partial charge is 0.494 e. The van der Waals surface area contributed by atoms with Crippen molar-refractivity contribution in [2.75, 3.05) is 14.2 Å². The molecule has 0 saturated carbocycles. The molecular weight excluding hydrogens is 385 g/mol. The maximum absolute atomic E-state index is 13.7. The lowest BCUT2D eigenvalue weighted by atomic mass is 10.2. The van der Waals surface area contributed by atoms with Gasteiger partial charge in [0, 0.05) is 18.1 Å². The molecule has 124 valence electrons. The lowest BCUT2D eigenvalue weighted by Gasteiger charge is -2.18. The monoisotopic (exact) mass is 401 g/mol. The van der Waals surface area contributed by atoms with Crippen molar-refractivity contribution in [2.45, 2.75) is 18.4 Å². The SMILES string of the molecule is COc1ccc(CN(C)S(=O)(=O)c2ccc(Br)c(C)c2)cc1F. The maximum Gasteiger partial charge on any atom is 0.243 e. The van der Waals surface area contributed by atoms with E-state index in [9.17, 15) is 12.8 Å². The second kappa shape index (κ2) is 6.98. The third-order valence-corrected chi connectivity index (χ3v) is 6.15. The highest BCUT2D eigenvalue weighted by Gasteiger charge is 2.21. The Hall–Kier alpha value is -1.44. The predicted octanol–water partition coefficient (Wildman–Crippen LogP) is 3.73. The Bertz CT molecular complexity index is 824. The van der Waals surface area contributed by atoms with E-state index in [1.807, 2.05) is 6.92 Å². The topological polar surface area (TPSA) is 46.6 Å². The third kappa shape index (κ3) is 3.91. The highest BCUT2D eigenvalue weighted by atomic mass is 79.9. The molecule has 0 amide bonds. The van der Waals surface area contributed by atoms with Crippen LogP contribution < -0.4 is 4.74 Å². The molecule has 0 spiro atoms. The predicted molar refractivity (Wildman–Crippen MR) is 90.5 cm³/mol. The Balaban J connectivity index is 2.26. The van der Waals surface area contributed by atoms with E-state index in [4.69, 9.17) is 4.74 Å². The number of benzene rings is 2. The Morgan fingerprint density at radius 2 is 1.91 bits per heavy atom. The molecular formula is C16H17BrFNO3S. The van der Waals surface area contributed by atoms with Crippen LogP contribution in [0.2, 0.25) is 0 Å². The highest BCUT2D eigenvalue weighted by Crippen LogP contribution is 2.24. The molecule has 0 bridgehead atoms. The van der Waals surface area contributed by atoms with Gasteiger partial charge >= 0.3 is 0 Å². The van der Waals surface area contributed by atoms with E-state index in [0.717, 1.165) is 10.0 Å². The van der Waals surface area contributed by atoms with Crippen LogP contribution in [0, 0.1) is 12.7 Å². The van der Waals surface area contributed by atoms with Gasteiger partial charge in [0.2, 0.25) is 10.0 Å². The van der Waals surface area contributed by atoms with Crippen LogP contribution in [0.4, 0.5) is 4.39 Å². The van der Waals surface area contributed by atoms with E-state index < -0.39 is 15.8 Å². The van der Waals surface area contributed by atoms with Crippen molar-refractivity contribution < 1.29 is 17.5 Å². The molecule has 0 heterocycles. The lowest BCUT2D eigenvalue weighted by Crippen LogP contribution is -2.26. The molecule has 2 aromatic carbocycles. The molecule has 0 saturated heterocycles. The number of aryl methyl sites for hydroxylation is 1. The van der Waals surface area contributed by atoms with E-state index in [-0.39, 0.29) is 17.2 Å². The zero-order valence-electron chi connectivity index (χ0n) is 13.0. The number of halogens is 2. The second-order valence-corrected chi connectivity index (χ2v) is 8.04. The number of nitrogens with zero attached hydrogens (tertiary/aromatic N) is 1. The Morgan fingerprint density at radius 3 is 2.48 bits per heavy atom. The van der Waals surface area contributed by atoms with Crippen molar-refractivity contribution in [1.82, 2.24) is 4.31 Å². The number of methoxy groups -OCH3 is 1. The maximum atomic E-state index is 13.7. The van der Waals surface area contributed by atoms with Gasteiger partial charge in [-0.05, 0) is 48.4 Å². The first kappa shape index (κ1) is 17.9. The summed E-state index contributed by atoms with van der Waals surface area (Å²) in [6.45, 7) is 1.89. The first-order valence-electron chi connectivity index (χ1n) is 6.80. The Kier molecular flexibility index (Phi) is 5.44.